The van der Waals surface area contributed by atoms with Gasteiger partial charge in [0.2, 0.25) is 11.8 Å². The average Bonchev–Trinajstić information content (AvgIpc) is 2.11. The molecule has 0 saturated heterocycles. The number of carboxylic acid groups (broad SMARTS) is 1. The lowest BCUT2D eigenvalue weighted by molar-refractivity contribution is -0.142. The Kier molecular flexibility index (Phi) is 6.39. The number of primary amides is 1. The van der Waals surface area contributed by atoms with E-state index in [1.54, 1.807) is 0 Å². The lowest BCUT2D eigenvalue weighted by Gasteiger charge is -2.12. The highest BCUT2D eigenvalue weighted by atomic mass is 35.5. The quantitative estimate of drug-likeness (QED) is 0.404. The summed E-state index contributed by atoms with van der Waals surface area (Å²) in [5, 5.41) is 10.9. The molecule has 0 rings (SSSR count). The Morgan fingerprint density at radius 2 is 2.00 bits per heavy atom. The van der Waals surface area contributed by atoms with Crippen molar-refractivity contribution >= 4 is 29.6 Å². The summed E-state index contributed by atoms with van der Waals surface area (Å²) < 4.78 is 0. The predicted molar refractivity (Wildman–Crippen MR) is 51.9 cm³/mol. The van der Waals surface area contributed by atoms with Gasteiger partial charge in [-0.1, -0.05) is 0 Å². The van der Waals surface area contributed by atoms with Gasteiger partial charge in [-0.2, -0.15) is 0 Å². The molecular weight excluding hydrogens is 226 g/mol. The largest absolute Gasteiger partial charge is 0.480 e. The van der Waals surface area contributed by atoms with Crippen LogP contribution in [0.1, 0.15) is 12.8 Å². The smallest absolute Gasteiger partial charge is 0.326 e. The molecule has 0 aromatic carbocycles. The van der Waals surface area contributed by atoms with Crippen LogP contribution in [0.5, 0.6) is 0 Å². The van der Waals surface area contributed by atoms with Gasteiger partial charge in [0, 0.05) is 6.42 Å². The lowest BCUT2D eigenvalue weighted by atomic mass is 10.1. The summed E-state index contributed by atoms with van der Waals surface area (Å²) in [6.07, 6.45) is -0.149. The molecule has 0 aromatic heterocycles. The maximum absolute atomic E-state index is 11.0. The van der Waals surface area contributed by atoms with Crippen LogP contribution in [0.25, 0.3) is 0 Å². The Labute approximate surface area is 91.1 Å². The van der Waals surface area contributed by atoms with Gasteiger partial charge in [-0.25, -0.2) is 9.63 Å². The van der Waals surface area contributed by atoms with Crippen LogP contribution in [-0.2, 0) is 14.4 Å². The monoisotopic (exact) mass is 237 g/mol. The van der Waals surface area contributed by atoms with E-state index in [1.807, 2.05) is 0 Å². The second kappa shape index (κ2) is 7.02. The first-order valence-corrected chi connectivity index (χ1v) is 4.49. The molecular formula is C7H12ClN3O4. The zero-order valence-electron chi connectivity index (χ0n) is 7.83. The molecule has 0 unspecified atom stereocenters. The minimum atomic E-state index is -1.22. The average molecular weight is 238 g/mol. The number of carboxylic acids is 1. The highest BCUT2D eigenvalue weighted by Gasteiger charge is 2.19. The van der Waals surface area contributed by atoms with Gasteiger partial charge in [0.05, 0.1) is 6.54 Å². The van der Waals surface area contributed by atoms with Crippen molar-refractivity contribution in [2.75, 3.05) is 6.54 Å². The predicted octanol–water partition coefficient (Wildman–Crippen LogP) is -1.44. The summed E-state index contributed by atoms with van der Waals surface area (Å²) in [5.41, 5.74) is 4.85. The summed E-state index contributed by atoms with van der Waals surface area (Å²) in [7, 11) is 0. The molecule has 0 aromatic rings. The molecule has 0 aliphatic rings. The van der Waals surface area contributed by atoms with Gasteiger partial charge in [0.25, 0.3) is 0 Å². The molecule has 0 bridgehead atoms. The molecule has 0 aliphatic heterocycles. The third-order valence-corrected chi connectivity index (χ3v) is 1.67. The summed E-state index contributed by atoms with van der Waals surface area (Å²) in [6.45, 7) is -0.206. The first kappa shape index (κ1) is 13.7. The lowest BCUT2D eigenvalue weighted by Crippen LogP contribution is -2.44. The van der Waals surface area contributed by atoms with E-state index in [0.717, 1.165) is 0 Å². The van der Waals surface area contributed by atoms with E-state index in [2.05, 4.69) is 10.2 Å². The fourth-order valence-corrected chi connectivity index (χ4v) is 0.971. The number of carbonyl (C=O) groups excluding carboxylic acids is 2. The SMILES string of the molecule is NC(=O)CC[C@H](NC(=O)CNCl)C(=O)O. The van der Waals surface area contributed by atoms with E-state index in [1.165, 1.54) is 0 Å². The molecule has 1 atom stereocenters. The zero-order chi connectivity index (χ0) is 11.8. The van der Waals surface area contributed by atoms with Crippen molar-refractivity contribution in [2.45, 2.75) is 18.9 Å². The second-order valence-electron chi connectivity index (χ2n) is 2.77. The van der Waals surface area contributed by atoms with Crippen molar-refractivity contribution in [3.8, 4) is 0 Å². The minimum absolute atomic E-state index is 0.0430. The Bertz CT molecular complexity index is 259. The Balaban J connectivity index is 4.10. The van der Waals surface area contributed by atoms with E-state index < -0.39 is 23.8 Å². The van der Waals surface area contributed by atoms with E-state index in [4.69, 9.17) is 22.6 Å². The molecule has 86 valence electrons. The molecule has 0 aliphatic carbocycles. The van der Waals surface area contributed by atoms with E-state index in [9.17, 15) is 14.4 Å². The molecule has 5 N–H and O–H groups in total. The van der Waals surface area contributed by atoms with Crippen molar-refractivity contribution in [1.29, 1.82) is 0 Å². The topological polar surface area (TPSA) is 122 Å². The van der Waals surface area contributed by atoms with Gasteiger partial charge in [0.1, 0.15) is 6.04 Å². The van der Waals surface area contributed by atoms with Gasteiger partial charge < -0.3 is 16.2 Å². The van der Waals surface area contributed by atoms with Gasteiger partial charge in [-0.05, 0) is 18.2 Å². The van der Waals surface area contributed by atoms with Crippen molar-refractivity contribution in [3.05, 3.63) is 0 Å². The van der Waals surface area contributed by atoms with Crippen molar-refractivity contribution in [1.82, 2.24) is 10.2 Å². The maximum atomic E-state index is 11.0. The van der Waals surface area contributed by atoms with E-state index in [-0.39, 0.29) is 19.4 Å². The number of nitrogens with one attached hydrogen (secondary N) is 2. The van der Waals surface area contributed by atoms with Crippen molar-refractivity contribution < 1.29 is 19.5 Å². The highest BCUT2D eigenvalue weighted by Crippen LogP contribution is 1.97. The van der Waals surface area contributed by atoms with Crippen LogP contribution >= 0.6 is 11.8 Å². The first-order chi connectivity index (χ1) is 6.97. The number of rotatable bonds is 7. The molecule has 0 fully saturated rings. The molecule has 2 amide bonds. The summed E-state index contributed by atoms with van der Waals surface area (Å²) in [6, 6.07) is -1.13. The molecule has 0 spiro atoms. The van der Waals surface area contributed by atoms with Crippen LogP contribution in [-0.4, -0.2) is 35.5 Å². The number of carbonyl (C=O) groups is 3. The van der Waals surface area contributed by atoms with Crippen LogP contribution in [0, 0.1) is 0 Å². The number of hydrogen-bond acceptors (Lipinski definition) is 4. The third-order valence-electron chi connectivity index (χ3n) is 1.54. The van der Waals surface area contributed by atoms with E-state index >= 15 is 0 Å². The van der Waals surface area contributed by atoms with Crippen LogP contribution < -0.4 is 15.9 Å². The molecule has 0 radical (unpaired) electrons. The summed E-state index contributed by atoms with van der Waals surface area (Å²) in [4.78, 5) is 34.1. The normalized spacial score (nSPS) is 11.8. The van der Waals surface area contributed by atoms with Gasteiger partial charge >= 0.3 is 5.97 Å². The minimum Gasteiger partial charge on any atom is -0.480 e. The zero-order valence-corrected chi connectivity index (χ0v) is 8.58. The van der Waals surface area contributed by atoms with Gasteiger partial charge in [-0.3, -0.25) is 9.59 Å². The molecule has 0 saturated carbocycles. The molecule has 8 heteroatoms. The Morgan fingerprint density at radius 3 is 2.40 bits per heavy atom. The standard InChI is InChI=1S/C7H12ClN3O4/c8-10-3-6(13)11-4(7(14)15)1-2-5(9)12/h4,10H,1-3H2,(H2,9,12)(H,11,13)(H,14,15)/t4-/m0/s1. The number of aliphatic carboxylic acids is 1. The van der Waals surface area contributed by atoms with Crippen molar-refractivity contribution in [3.63, 3.8) is 0 Å². The van der Waals surface area contributed by atoms with Crippen molar-refractivity contribution in [2.24, 2.45) is 5.73 Å². The molecule has 7 nitrogen and oxygen atoms in total. The summed E-state index contributed by atoms with van der Waals surface area (Å²) in [5.74, 6) is -2.41. The number of hydrogen-bond donors (Lipinski definition) is 4. The van der Waals surface area contributed by atoms with Gasteiger partial charge in [0.15, 0.2) is 0 Å². The third kappa shape index (κ3) is 6.69. The van der Waals surface area contributed by atoms with Crippen LogP contribution in [0.15, 0.2) is 0 Å². The highest BCUT2D eigenvalue weighted by molar-refractivity contribution is 6.14. The Morgan fingerprint density at radius 1 is 1.40 bits per heavy atom. The number of nitrogens with two attached hydrogens (primary N) is 1. The maximum Gasteiger partial charge on any atom is 0.326 e. The molecule has 15 heavy (non-hydrogen) atoms. The fourth-order valence-electron chi connectivity index (χ4n) is 0.850. The fraction of sp³-hybridized carbons (Fsp3) is 0.571. The number of amides is 2. The van der Waals surface area contributed by atoms with Crippen LogP contribution in [0.3, 0.4) is 0 Å². The van der Waals surface area contributed by atoms with Gasteiger partial charge in [-0.15, -0.1) is 0 Å². The first-order valence-electron chi connectivity index (χ1n) is 4.11. The molecule has 0 heterocycles. The van der Waals surface area contributed by atoms with Crippen LogP contribution in [0.4, 0.5) is 0 Å². The Hall–Kier alpha value is -1.34. The second-order valence-corrected chi connectivity index (χ2v) is 3.04. The summed E-state index contributed by atoms with van der Waals surface area (Å²) >= 11 is 5.05. The van der Waals surface area contributed by atoms with E-state index in [0.29, 0.717) is 0 Å². The van der Waals surface area contributed by atoms with Crippen LogP contribution in [0.2, 0.25) is 0 Å². The number of halogens is 1.